The van der Waals surface area contributed by atoms with Crippen LogP contribution in [0.1, 0.15) is 5.76 Å². The Hall–Kier alpha value is -1.72. The second-order valence-corrected chi connectivity index (χ2v) is 4.29. The Morgan fingerprint density at radius 1 is 1.33 bits per heavy atom. The first kappa shape index (κ1) is 12.7. The van der Waals surface area contributed by atoms with Gasteiger partial charge in [-0.2, -0.15) is 0 Å². The van der Waals surface area contributed by atoms with Crippen molar-refractivity contribution in [1.82, 2.24) is 5.16 Å². The summed E-state index contributed by atoms with van der Waals surface area (Å²) in [5.41, 5.74) is 0.418. The molecule has 0 unspecified atom stereocenters. The summed E-state index contributed by atoms with van der Waals surface area (Å²) < 4.78 is 4.82. The van der Waals surface area contributed by atoms with E-state index in [9.17, 15) is 4.79 Å². The standard InChI is InChI=1S/C11H9Cl2N3O2/c1-6-5-9(16-18-6)15-11(17)14-8-4-2-3-7(12)10(8)13/h2-5H,1H3,(H2,14,15,16,17). The number of halogens is 2. The predicted molar refractivity (Wildman–Crippen MR) is 70.3 cm³/mol. The first-order chi connectivity index (χ1) is 8.56. The zero-order chi connectivity index (χ0) is 13.1. The molecule has 0 saturated heterocycles. The number of hydrogen-bond acceptors (Lipinski definition) is 3. The zero-order valence-electron chi connectivity index (χ0n) is 9.33. The minimum absolute atomic E-state index is 0.283. The van der Waals surface area contributed by atoms with Crippen LogP contribution >= 0.6 is 23.2 Å². The van der Waals surface area contributed by atoms with Gasteiger partial charge in [0.25, 0.3) is 0 Å². The van der Waals surface area contributed by atoms with Crippen molar-refractivity contribution in [1.29, 1.82) is 0 Å². The Morgan fingerprint density at radius 3 is 2.78 bits per heavy atom. The van der Waals surface area contributed by atoms with E-state index in [-0.39, 0.29) is 5.02 Å². The minimum atomic E-state index is -0.479. The fourth-order valence-corrected chi connectivity index (χ4v) is 1.64. The number of carbonyl (C=O) groups excluding carboxylic acids is 1. The molecule has 94 valence electrons. The number of amides is 2. The fourth-order valence-electron chi connectivity index (χ4n) is 1.30. The van der Waals surface area contributed by atoms with Gasteiger partial charge in [-0.25, -0.2) is 4.79 Å². The molecule has 7 heteroatoms. The molecule has 0 fully saturated rings. The van der Waals surface area contributed by atoms with E-state index in [1.54, 1.807) is 31.2 Å². The third-order valence-electron chi connectivity index (χ3n) is 2.07. The van der Waals surface area contributed by atoms with Gasteiger partial charge in [-0.1, -0.05) is 34.4 Å². The molecule has 0 atom stereocenters. The summed E-state index contributed by atoms with van der Waals surface area (Å²) in [5, 5.41) is 9.34. The number of urea groups is 1. The lowest BCUT2D eigenvalue weighted by Crippen LogP contribution is -2.19. The monoisotopic (exact) mass is 285 g/mol. The van der Waals surface area contributed by atoms with Crippen LogP contribution in [0.2, 0.25) is 10.0 Å². The maximum absolute atomic E-state index is 11.6. The summed E-state index contributed by atoms with van der Waals surface area (Å²) >= 11 is 11.8. The van der Waals surface area contributed by atoms with Gasteiger partial charge in [0, 0.05) is 6.07 Å². The van der Waals surface area contributed by atoms with E-state index in [1.165, 1.54) is 0 Å². The van der Waals surface area contributed by atoms with Crippen LogP contribution in [0.4, 0.5) is 16.3 Å². The van der Waals surface area contributed by atoms with Crippen molar-refractivity contribution in [2.24, 2.45) is 0 Å². The van der Waals surface area contributed by atoms with Gasteiger partial charge < -0.3 is 9.84 Å². The lowest BCUT2D eigenvalue weighted by molar-refractivity contribution is 0.262. The van der Waals surface area contributed by atoms with Crippen LogP contribution in [-0.2, 0) is 0 Å². The van der Waals surface area contributed by atoms with Gasteiger partial charge in [0.15, 0.2) is 5.82 Å². The van der Waals surface area contributed by atoms with Crippen LogP contribution in [0.3, 0.4) is 0 Å². The summed E-state index contributed by atoms with van der Waals surface area (Å²) in [6, 6.07) is 6.08. The number of carbonyl (C=O) groups is 1. The quantitative estimate of drug-likeness (QED) is 0.878. The number of nitrogens with zero attached hydrogens (tertiary/aromatic N) is 1. The van der Waals surface area contributed by atoms with Gasteiger partial charge in [-0.05, 0) is 19.1 Å². The van der Waals surface area contributed by atoms with Gasteiger partial charge in [0.1, 0.15) is 5.76 Å². The number of nitrogens with one attached hydrogen (secondary N) is 2. The smallest absolute Gasteiger partial charge is 0.324 e. The number of benzene rings is 1. The molecular formula is C11H9Cl2N3O2. The maximum Gasteiger partial charge on any atom is 0.324 e. The maximum atomic E-state index is 11.6. The molecule has 1 aromatic heterocycles. The Morgan fingerprint density at radius 2 is 2.11 bits per heavy atom. The normalized spacial score (nSPS) is 10.2. The van der Waals surface area contributed by atoms with Gasteiger partial charge in [0.2, 0.25) is 0 Å². The average molecular weight is 286 g/mol. The average Bonchev–Trinajstić information content (AvgIpc) is 2.70. The van der Waals surface area contributed by atoms with Crippen LogP contribution in [0.5, 0.6) is 0 Å². The van der Waals surface area contributed by atoms with Crippen LogP contribution in [0.25, 0.3) is 0 Å². The first-order valence-electron chi connectivity index (χ1n) is 5.01. The summed E-state index contributed by atoms with van der Waals surface area (Å²) in [5.74, 6) is 0.925. The van der Waals surface area contributed by atoms with Crippen molar-refractivity contribution < 1.29 is 9.32 Å². The summed E-state index contributed by atoms with van der Waals surface area (Å²) in [7, 11) is 0. The molecular weight excluding hydrogens is 277 g/mol. The topological polar surface area (TPSA) is 67.2 Å². The molecule has 2 amide bonds. The minimum Gasteiger partial charge on any atom is -0.360 e. The summed E-state index contributed by atoms with van der Waals surface area (Å²) in [4.78, 5) is 11.6. The Balaban J connectivity index is 2.05. The molecule has 2 aromatic rings. The lowest BCUT2D eigenvalue weighted by Gasteiger charge is -2.07. The largest absolute Gasteiger partial charge is 0.360 e. The molecule has 1 aromatic carbocycles. The zero-order valence-corrected chi connectivity index (χ0v) is 10.8. The van der Waals surface area contributed by atoms with Crippen LogP contribution in [0, 0.1) is 6.92 Å². The van der Waals surface area contributed by atoms with Crippen molar-refractivity contribution in [3.63, 3.8) is 0 Å². The molecule has 0 spiro atoms. The molecule has 5 nitrogen and oxygen atoms in total. The van der Waals surface area contributed by atoms with Gasteiger partial charge in [0.05, 0.1) is 15.7 Å². The molecule has 0 saturated carbocycles. The fraction of sp³-hybridized carbons (Fsp3) is 0.0909. The number of aromatic nitrogens is 1. The lowest BCUT2D eigenvalue weighted by atomic mass is 10.3. The molecule has 0 aliphatic heterocycles. The van der Waals surface area contributed by atoms with Crippen molar-refractivity contribution in [2.45, 2.75) is 6.92 Å². The van der Waals surface area contributed by atoms with Crippen molar-refractivity contribution in [3.8, 4) is 0 Å². The Kier molecular flexibility index (Phi) is 3.74. The number of anilines is 2. The predicted octanol–water partition coefficient (Wildman–Crippen LogP) is 3.93. The Bertz CT molecular complexity index is 583. The number of hydrogen-bond donors (Lipinski definition) is 2. The highest BCUT2D eigenvalue weighted by atomic mass is 35.5. The van der Waals surface area contributed by atoms with E-state index in [1.807, 2.05) is 0 Å². The van der Waals surface area contributed by atoms with Gasteiger partial charge in [-0.3, -0.25) is 5.32 Å². The van der Waals surface area contributed by atoms with Crippen LogP contribution in [-0.4, -0.2) is 11.2 Å². The van der Waals surface area contributed by atoms with Crippen molar-refractivity contribution in [2.75, 3.05) is 10.6 Å². The molecule has 0 bridgehead atoms. The van der Waals surface area contributed by atoms with Gasteiger partial charge in [-0.15, -0.1) is 0 Å². The van der Waals surface area contributed by atoms with E-state index in [2.05, 4.69) is 15.8 Å². The molecule has 0 aliphatic carbocycles. The SMILES string of the molecule is Cc1cc(NC(=O)Nc2cccc(Cl)c2Cl)no1. The van der Waals surface area contributed by atoms with Crippen molar-refractivity contribution >= 4 is 40.7 Å². The van der Waals surface area contributed by atoms with E-state index < -0.39 is 6.03 Å². The third-order valence-corrected chi connectivity index (χ3v) is 2.89. The van der Waals surface area contributed by atoms with Crippen LogP contribution in [0.15, 0.2) is 28.8 Å². The molecule has 0 radical (unpaired) electrons. The highest BCUT2D eigenvalue weighted by molar-refractivity contribution is 6.44. The second kappa shape index (κ2) is 5.29. The van der Waals surface area contributed by atoms with Gasteiger partial charge >= 0.3 is 6.03 Å². The highest BCUT2D eigenvalue weighted by Crippen LogP contribution is 2.29. The first-order valence-corrected chi connectivity index (χ1v) is 5.77. The molecule has 1 heterocycles. The van der Waals surface area contributed by atoms with E-state index in [4.69, 9.17) is 27.7 Å². The van der Waals surface area contributed by atoms with E-state index >= 15 is 0 Å². The molecule has 18 heavy (non-hydrogen) atoms. The van der Waals surface area contributed by atoms with Crippen molar-refractivity contribution in [3.05, 3.63) is 40.1 Å². The van der Waals surface area contributed by atoms with E-state index in [0.29, 0.717) is 22.3 Å². The third kappa shape index (κ3) is 2.94. The molecule has 2 rings (SSSR count). The summed E-state index contributed by atoms with van der Waals surface area (Å²) in [6.07, 6.45) is 0. The highest BCUT2D eigenvalue weighted by Gasteiger charge is 2.09. The molecule has 2 N–H and O–H groups in total. The molecule has 0 aliphatic rings. The van der Waals surface area contributed by atoms with E-state index in [0.717, 1.165) is 0 Å². The number of rotatable bonds is 2. The second-order valence-electron chi connectivity index (χ2n) is 3.50. The number of aryl methyl sites for hydroxylation is 1. The summed E-state index contributed by atoms with van der Waals surface area (Å²) in [6.45, 7) is 1.73. The van der Waals surface area contributed by atoms with Crippen LogP contribution < -0.4 is 10.6 Å². The Labute approximate surface area is 113 Å².